The normalized spacial score (nSPS) is 10.3. The number of esters is 1. The van der Waals surface area contributed by atoms with Crippen molar-refractivity contribution < 1.29 is 14.3 Å². The predicted octanol–water partition coefficient (Wildman–Crippen LogP) is 2.76. The summed E-state index contributed by atoms with van der Waals surface area (Å²) < 4.78 is 6.72. The number of amides is 1. The molecule has 0 saturated carbocycles. The lowest BCUT2D eigenvalue weighted by atomic mass is 10.1. The fraction of sp³-hybridized carbons (Fsp3) is 0.158. The number of ether oxygens (including phenoxy) is 1. The summed E-state index contributed by atoms with van der Waals surface area (Å²) in [5.74, 6) is -0.763. The number of nitrogens with zero attached hydrogens (tertiary/aromatic N) is 3. The van der Waals surface area contributed by atoms with Gasteiger partial charge in [0.25, 0.3) is 5.91 Å². The number of aromatic nitrogens is 3. The molecule has 3 rings (SSSR count). The van der Waals surface area contributed by atoms with Crippen LogP contribution in [-0.4, -0.2) is 33.2 Å². The summed E-state index contributed by atoms with van der Waals surface area (Å²) in [6, 6.07) is 13.9. The maximum absolute atomic E-state index is 12.5. The molecule has 0 atom stereocenters. The molecule has 0 spiro atoms. The Labute approximate surface area is 150 Å². The molecule has 132 valence electrons. The van der Waals surface area contributed by atoms with Gasteiger partial charge in [-0.05, 0) is 36.8 Å². The number of rotatable bonds is 6. The summed E-state index contributed by atoms with van der Waals surface area (Å²) in [6.07, 6.45) is 3.11. The number of benzene rings is 2. The largest absolute Gasteiger partial charge is 0.462 e. The van der Waals surface area contributed by atoms with Crippen molar-refractivity contribution in [2.75, 3.05) is 11.9 Å². The fourth-order valence-electron chi connectivity index (χ4n) is 2.44. The molecule has 7 nitrogen and oxygen atoms in total. The molecular formula is C19H18N4O3. The van der Waals surface area contributed by atoms with Gasteiger partial charge < -0.3 is 10.1 Å². The van der Waals surface area contributed by atoms with Gasteiger partial charge in [-0.2, -0.15) is 5.10 Å². The van der Waals surface area contributed by atoms with E-state index in [4.69, 9.17) is 4.74 Å². The Morgan fingerprint density at radius 2 is 1.88 bits per heavy atom. The summed E-state index contributed by atoms with van der Waals surface area (Å²) in [5.41, 5.74) is 2.23. The Hall–Kier alpha value is -3.48. The monoisotopic (exact) mass is 350 g/mol. The van der Waals surface area contributed by atoms with E-state index in [0.717, 1.165) is 5.56 Å². The van der Waals surface area contributed by atoms with E-state index in [-0.39, 0.29) is 12.5 Å². The predicted molar refractivity (Wildman–Crippen MR) is 95.9 cm³/mol. The molecule has 7 heteroatoms. The Morgan fingerprint density at radius 1 is 1.12 bits per heavy atom. The maximum atomic E-state index is 12.5. The van der Waals surface area contributed by atoms with Crippen LogP contribution in [0.4, 0.5) is 5.69 Å². The van der Waals surface area contributed by atoms with E-state index < -0.39 is 5.97 Å². The van der Waals surface area contributed by atoms with Gasteiger partial charge in [0, 0.05) is 5.56 Å². The van der Waals surface area contributed by atoms with E-state index in [9.17, 15) is 9.59 Å². The van der Waals surface area contributed by atoms with Crippen molar-refractivity contribution in [3.63, 3.8) is 0 Å². The first-order valence-electron chi connectivity index (χ1n) is 8.16. The zero-order valence-electron chi connectivity index (χ0n) is 14.3. The molecule has 2 aromatic carbocycles. The Balaban J connectivity index is 1.71. The van der Waals surface area contributed by atoms with Gasteiger partial charge in [0.2, 0.25) is 0 Å². The summed E-state index contributed by atoms with van der Waals surface area (Å²) in [6.45, 7) is 2.59. The van der Waals surface area contributed by atoms with Gasteiger partial charge >= 0.3 is 5.97 Å². The number of hydrogen-bond donors (Lipinski definition) is 1. The summed E-state index contributed by atoms with van der Waals surface area (Å²) >= 11 is 0. The topological polar surface area (TPSA) is 86.1 Å². The number of para-hydroxylation sites is 1. The highest BCUT2D eigenvalue weighted by Gasteiger charge is 2.14. The van der Waals surface area contributed by atoms with E-state index in [1.807, 2.05) is 12.1 Å². The third kappa shape index (κ3) is 4.13. The Morgan fingerprint density at radius 3 is 2.58 bits per heavy atom. The van der Waals surface area contributed by atoms with Crippen LogP contribution in [0.1, 0.15) is 33.2 Å². The van der Waals surface area contributed by atoms with Crippen LogP contribution in [0.15, 0.2) is 61.2 Å². The summed E-state index contributed by atoms with van der Waals surface area (Å²) in [5, 5.41) is 6.81. The van der Waals surface area contributed by atoms with Crippen LogP contribution >= 0.6 is 0 Å². The minimum Gasteiger partial charge on any atom is -0.462 e. The maximum Gasteiger partial charge on any atom is 0.340 e. The third-order valence-corrected chi connectivity index (χ3v) is 3.70. The first-order valence-corrected chi connectivity index (χ1v) is 8.16. The molecule has 1 N–H and O–H groups in total. The number of carbonyl (C=O) groups excluding carboxylic acids is 2. The SMILES string of the molecule is CCOC(=O)c1ccccc1NC(=O)c1ccc(Cn2cncn2)cc1. The first-order chi connectivity index (χ1) is 12.7. The quantitative estimate of drug-likeness (QED) is 0.691. The molecule has 1 aromatic heterocycles. The zero-order chi connectivity index (χ0) is 18.4. The average Bonchev–Trinajstić information content (AvgIpc) is 3.16. The second-order valence-corrected chi connectivity index (χ2v) is 5.51. The molecule has 0 saturated heterocycles. The van der Waals surface area contributed by atoms with Gasteiger partial charge in [-0.15, -0.1) is 0 Å². The standard InChI is InChI=1S/C19H18N4O3/c1-2-26-19(25)16-5-3-4-6-17(16)22-18(24)15-9-7-14(8-10-15)11-23-13-20-12-21-23/h3-10,12-13H,2,11H2,1H3,(H,22,24). The van der Waals surface area contributed by atoms with Crippen molar-refractivity contribution in [3.05, 3.63) is 77.9 Å². The first kappa shape index (κ1) is 17.3. The lowest BCUT2D eigenvalue weighted by Gasteiger charge is -2.10. The second kappa shape index (κ2) is 8.06. The van der Waals surface area contributed by atoms with Crippen molar-refractivity contribution in [1.82, 2.24) is 14.8 Å². The Bertz CT molecular complexity index is 889. The average molecular weight is 350 g/mol. The van der Waals surface area contributed by atoms with Gasteiger partial charge in [0.1, 0.15) is 12.7 Å². The molecular weight excluding hydrogens is 332 g/mol. The van der Waals surface area contributed by atoms with Crippen LogP contribution in [0, 0.1) is 0 Å². The van der Waals surface area contributed by atoms with Gasteiger partial charge in [0.15, 0.2) is 0 Å². The molecule has 26 heavy (non-hydrogen) atoms. The molecule has 0 aliphatic heterocycles. The zero-order valence-corrected chi connectivity index (χ0v) is 14.3. The summed E-state index contributed by atoms with van der Waals surface area (Å²) in [7, 11) is 0. The van der Waals surface area contributed by atoms with Crippen LogP contribution in [0.25, 0.3) is 0 Å². The van der Waals surface area contributed by atoms with Crippen molar-refractivity contribution >= 4 is 17.6 Å². The van der Waals surface area contributed by atoms with Crippen molar-refractivity contribution in [3.8, 4) is 0 Å². The van der Waals surface area contributed by atoms with E-state index >= 15 is 0 Å². The molecule has 1 heterocycles. The van der Waals surface area contributed by atoms with Gasteiger partial charge in [-0.1, -0.05) is 24.3 Å². The molecule has 0 aliphatic carbocycles. The lowest BCUT2D eigenvalue weighted by Crippen LogP contribution is -2.16. The van der Waals surface area contributed by atoms with Crippen molar-refractivity contribution in [1.29, 1.82) is 0 Å². The number of hydrogen-bond acceptors (Lipinski definition) is 5. The number of anilines is 1. The van der Waals surface area contributed by atoms with Crippen molar-refractivity contribution in [2.24, 2.45) is 0 Å². The highest BCUT2D eigenvalue weighted by molar-refractivity contribution is 6.08. The van der Waals surface area contributed by atoms with Crippen LogP contribution in [-0.2, 0) is 11.3 Å². The molecule has 3 aromatic rings. The molecule has 0 bridgehead atoms. The van der Waals surface area contributed by atoms with Gasteiger partial charge in [-0.3, -0.25) is 4.79 Å². The smallest absolute Gasteiger partial charge is 0.340 e. The van der Waals surface area contributed by atoms with Crippen LogP contribution in [0.3, 0.4) is 0 Å². The second-order valence-electron chi connectivity index (χ2n) is 5.51. The van der Waals surface area contributed by atoms with Crippen LogP contribution in [0.5, 0.6) is 0 Å². The lowest BCUT2D eigenvalue weighted by molar-refractivity contribution is 0.0527. The van der Waals surface area contributed by atoms with Crippen LogP contribution < -0.4 is 5.32 Å². The molecule has 0 fully saturated rings. The molecule has 1 amide bonds. The highest BCUT2D eigenvalue weighted by atomic mass is 16.5. The van der Waals surface area contributed by atoms with E-state index in [1.165, 1.54) is 6.33 Å². The molecule has 0 aliphatic rings. The highest BCUT2D eigenvalue weighted by Crippen LogP contribution is 2.18. The third-order valence-electron chi connectivity index (χ3n) is 3.70. The van der Waals surface area contributed by atoms with E-state index in [1.54, 1.807) is 54.3 Å². The number of carbonyl (C=O) groups is 2. The minimum absolute atomic E-state index is 0.272. The van der Waals surface area contributed by atoms with E-state index in [2.05, 4.69) is 15.4 Å². The van der Waals surface area contributed by atoms with Crippen molar-refractivity contribution in [2.45, 2.75) is 13.5 Å². The number of nitrogens with one attached hydrogen (secondary N) is 1. The summed E-state index contributed by atoms with van der Waals surface area (Å²) in [4.78, 5) is 28.4. The molecule has 0 radical (unpaired) electrons. The minimum atomic E-state index is -0.466. The van der Waals surface area contributed by atoms with Gasteiger partial charge in [0.05, 0.1) is 24.4 Å². The Kier molecular flexibility index (Phi) is 5.38. The van der Waals surface area contributed by atoms with Gasteiger partial charge in [-0.25, -0.2) is 14.5 Å². The van der Waals surface area contributed by atoms with E-state index in [0.29, 0.717) is 23.4 Å². The van der Waals surface area contributed by atoms with Crippen LogP contribution in [0.2, 0.25) is 0 Å². The molecule has 0 unspecified atom stereocenters. The fourth-order valence-corrected chi connectivity index (χ4v) is 2.44.